The first-order chi connectivity index (χ1) is 9.65. The molecular weight excluding hydrogens is 298 g/mol. The molecule has 0 fully saturated rings. The summed E-state index contributed by atoms with van der Waals surface area (Å²) in [5, 5.41) is 11.4. The first kappa shape index (κ1) is 17.1. The third-order valence-corrected chi connectivity index (χ3v) is 3.73. The third kappa shape index (κ3) is 4.83. The Morgan fingerprint density at radius 2 is 1.95 bits per heavy atom. The van der Waals surface area contributed by atoms with Crippen LogP contribution >= 0.6 is 0 Å². The highest BCUT2D eigenvalue weighted by molar-refractivity contribution is 7.90. The van der Waals surface area contributed by atoms with Gasteiger partial charge in [-0.05, 0) is 32.0 Å². The first-order valence-electron chi connectivity index (χ1n) is 6.16. The van der Waals surface area contributed by atoms with Crippen LogP contribution in [0.4, 0.5) is 5.69 Å². The number of hydrogen-bond acceptors (Lipinski definition) is 5. The van der Waals surface area contributed by atoms with E-state index in [1.807, 2.05) is 0 Å². The number of rotatable bonds is 6. The molecule has 0 aliphatic heterocycles. The molecule has 116 valence electrons. The lowest BCUT2D eigenvalue weighted by atomic mass is 10.2. The van der Waals surface area contributed by atoms with Gasteiger partial charge in [0.1, 0.15) is 6.10 Å². The van der Waals surface area contributed by atoms with E-state index in [2.05, 4.69) is 5.32 Å². The van der Waals surface area contributed by atoms with E-state index in [-0.39, 0.29) is 16.1 Å². The molecule has 1 atom stereocenters. The Morgan fingerprint density at radius 3 is 2.43 bits per heavy atom. The normalized spacial score (nSPS) is 12.7. The monoisotopic (exact) mass is 315 g/mol. The molecule has 8 heteroatoms. The molecule has 21 heavy (non-hydrogen) atoms. The summed E-state index contributed by atoms with van der Waals surface area (Å²) in [6, 6.07) is 3.44. The molecule has 0 aliphatic carbocycles. The van der Waals surface area contributed by atoms with Gasteiger partial charge in [0, 0.05) is 18.6 Å². The molecule has 0 radical (unpaired) electrons. The van der Waals surface area contributed by atoms with Crippen molar-refractivity contribution in [1.29, 1.82) is 0 Å². The van der Waals surface area contributed by atoms with Crippen molar-refractivity contribution in [3.05, 3.63) is 23.8 Å². The van der Waals surface area contributed by atoms with Gasteiger partial charge in [0.15, 0.2) is 9.84 Å². The Hall–Kier alpha value is -1.93. The second-order valence-electron chi connectivity index (χ2n) is 4.41. The predicted molar refractivity (Wildman–Crippen MR) is 76.2 cm³/mol. The second-order valence-corrected chi connectivity index (χ2v) is 6.43. The Morgan fingerprint density at radius 1 is 1.33 bits per heavy atom. The van der Waals surface area contributed by atoms with E-state index in [0.29, 0.717) is 6.61 Å². The molecule has 0 aliphatic rings. The maximum atomic E-state index is 11.8. The molecular formula is C13H17NO6S. The summed E-state index contributed by atoms with van der Waals surface area (Å²) in [4.78, 5) is 22.7. The maximum absolute atomic E-state index is 11.8. The van der Waals surface area contributed by atoms with Gasteiger partial charge in [0.2, 0.25) is 0 Å². The fourth-order valence-corrected chi connectivity index (χ4v) is 2.26. The summed E-state index contributed by atoms with van der Waals surface area (Å²) in [7, 11) is -3.59. The van der Waals surface area contributed by atoms with Crippen LogP contribution in [0.25, 0.3) is 0 Å². The standard InChI is InChI=1S/C13H17NO6S/c1-4-20-8(2)12(15)14-10-5-9(13(16)17)6-11(7-10)21(3,18)19/h5-8H,4H2,1-3H3,(H,14,15)(H,16,17). The topological polar surface area (TPSA) is 110 Å². The minimum Gasteiger partial charge on any atom is -0.478 e. The van der Waals surface area contributed by atoms with Gasteiger partial charge < -0.3 is 15.2 Å². The summed E-state index contributed by atoms with van der Waals surface area (Å²) in [6.45, 7) is 3.62. The van der Waals surface area contributed by atoms with Gasteiger partial charge in [0.05, 0.1) is 10.5 Å². The Labute approximate surface area is 122 Å². The van der Waals surface area contributed by atoms with Crippen LogP contribution in [0.1, 0.15) is 24.2 Å². The van der Waals surface area contributed by atoms with Crippen molar-refractivity contribution in [1.82, 2.24) is 0 Å². The molecule has 0 aromatic heterocycles. The summed E-state index contributed by atoms with van der Waals surface area (Å²) in [6.07, 6.45) is 0.229. The van der Waals surface area contributed by atoms with Crippen LogP contribution in [-0.2, 0) is 19.4 Å². The molecule has 0 bridgehead atoms. The Kier molecular flexibility index (Phi) is 5.45. The number of aromatic carboxylic acids is 1. The molecule has 0 spiro atoms. The highest BCUT2D eigenvalue weighted by atomic mass is 32.2. The number of sulfone groups is 1. The van der Waals surface area contributed by atoms with Crippen molar-refractivity contribution >= 4 is 27.4 Å². The van der Waals surface area contributed by atoms with Gasteiger partial charge in [-0.25, -0.2) is 13.2 Å². The number of carboxylic acid groups (broad SMARTS) is 1. The number of anilines is 1. The van der Waals surface area contributed by atoms with Crippen LogP contribution in [0.3, 0.4) is 0 Å². The van der Waals surface area contributed by atoms with Crippen molar-refractivity contribution in [2.24, 2.45) is 0 Å². The Bertz CT molecular complexity index is 653. The van der Waals surface area contributed by atoms with Crippen LogP contribution in [0.15, 0.2) is 23.1 Å². The zero-order valence-corrected chi connectivity index (χ0v) is 12.7. The van der Waals surface area contributed by atoms with Crippen LogP contribution in [-0.4, -0.2) is 44.4 Å². The van der Waals surface area contributed by atoms with Crippen molar-refractivity contribution in [3.8, 4) is 0 Å². The number of carbonyl (C=O) groups excluding carboxylic acids is 1. The molecule has 0 heterocycles. The van der Waals surface area contributed by atoms with Gasteiger partial charge >= 0.3 is 5.97 Å². The fraction of sp³-hybridized carbons (Fsp3) is 0.385. The zero-order valence-electron chi connectivity index (χ0n) is 11.9. The van der Waals surface area contributed by atoms with Crippen molar-refractivity contribution in [3.63, 3.8) is 0 Å². The highest BCUT2D eigenvalue weighted by Crippen LogP contribution is 2.19. The quantitative estimate of drug-likeness (QED) is 0.815. The summed E-state index contributed by atoms with van der Waals surface area (Å²) in [5.74, 6) is -1.77. The van der Waals surface area contributed by atoms with Crippen molar-refractivity contribution in [2.75, 3.05) is 18.2 Å². The number of amides is 1. The van der Waals surface area contributed by atoms with E-state index in [4.69, 9.17) is 9.84 Å². The Balaban J connectivity index is 3.15. The molecule has 0 saturated heterocycles. The van der Waals surface area contributed by atoms with E-state index in [0.717, 1.165) is 12.3 Å². The SMILES string of the molecule is CCOC(C)C(=O)Nc1cc(C(=O)O)cc(S(C)(=O)=O)c1. The maximum Gasteiger partial charge on any atom is 0.335 e. The van der Waals surface area contributed by atoms with Gasteiger partial charge in [0.25, 0.3) is 5.91 Å². The second kappa shape index (κ2) is 6.68. The zero-order chi connectivity index (χ0) is 16.2. The van der Waals surface area contributed by atoms with Crippen molar-refractivity contribution < 1.29 is 27.9 Å². The molecule has 1 amide bonds. The van der Waals surface area contributed by atoms with E-state index >= 15 is 0 Å². The lowest BCUT2D eigenvalue weighted by Crippen LogP contribution is -2.27. The number of hydrogen-bond donors (Lipinski definition) is 2. The minimum absolute atomic E-state index is 0.0897. The van der Waals surface area contributed by atoms with Gasteiger partial charge in [-0.3, -0.25) is 4.79 Å². The third-order valence-electron chi connectivity index (χ3n) is 2.64. The molecule has 7 nitrogen and oxygen atoms in total. The average Bonchev–Trinajstić information content (AvgIpc) is 2.37. The molecule has 1 aromatic carbocycles. The molecule has 0 saturated carbocycles. The minimum atomic E-state index is -3.59. The number of ether oxygens (including phenoxy) is 1. The number of nitrogens with one attached hydrogen (secondary N) is 1. The summed E-state index contributed by atoms with van der Waals surface area (Å²) in [5.41, 5.74) is -0.135. The van der Waals surface area contributed by atoms with Gasteiger partial charge in [-0.15, -0.1) is 0 Å². The summed E-state index contributed by atoms with van der Waals surface area (Å²) >= 11 is 0. The van der Waals surface area contributed by atoms with Crippen LogP contribution in [0, 0.1) is 0 Å². The molecule has 1 unspecified atom stereocenters. The van der Waals surface area contributed by atoms with Crippen LogP contribution in [0.2, 0.25) is 0 Å². The smallest absolute Gasteiger partial charge is 0.335 e. The predicted octanol–water partition coefficient (Wildman–Crippen LogP) is 1.15. The van der Waals surface area contributed by atoms with Crippen molar-refractivity contribution in [2.45, 2.75) is 24.8 Å². The van der Waals surface area contributed by atoms with E-state index in [1.165, 1.54) is 19.1 Å². The number of carboxylic acids is 1. The first-order valence-corrected chi connectivity index (χ1v) is 8.05. The fourth-order valence-electron chi connectivity index (χ4n) is 1.58. The largest absolute Gasteiger partial charge is 0.478 e. The van der Waals surface area contributed by atoms with Gasteiger partial charge in [-0.1, -0.05) is 0 Å². The molecule has 2 N–H and O–H groups in total. The average molecular weight is 315 g/mol. The van der Waals surface area contributed by atoms with Crippen LogP contribution < -0.4 is 5.32 Å². The van der Waals surface area contributed by atoms with Gasteiger partial charge in [-0.2, -0.15) is 0 Å². The lowest BCUT2D eigenvalue weighted by molar-refractivity contribution is -0.126. The van der Waals surface area contributed by atoms with E-state index < -0.39 is 27.8 Å². The molecule has 1 aromatic rings. The molecule has 1 rings (SSSR count). The van der Waals surface area contributed by atoms with Crippen LogP contribution in [0.5, 0.6) is 0 Å². The van der Waals surface area contributed by atoms with E-state index in [9.17, 15) is 18.0 Å². The lowest BCUT2D eigenvalue weighted by Gasteiger charge is -2.13. The summed E-state index contributed by atoms with van der Waals surface area (Å²) < 4.78 is 28.2. The highest BCUT2D eigenvalue weighted by Gasteiger charge is 2.17. The number of carbonyl (C=O) groups is 2. The van der Waals surface area contributed by atoms with E-state index in [1.54, 1.807) is 6.92 Å². The number of benzene rings is 1.